The van der Waals surface area contributed by atoms with Gasteiger partial charge in [-0.15, -0.1) is 0 Å². The van der Waals surface area contributed by atoms with Gasteiger partial charge < -0.3 is 29.0 Å². The molecule has 0 spiro atoms. The summed E-state index contributed by atoms with van der Waals surface area (Å²) in [7, 11) is 1.61. The molecule has 5 heterocycles. The first-order valence-electron chi connectivity index (χ1n) is 11.4. The summed E-state index contributed by atoms with van der Waals surface area (Å²) in [6.07, 6.45) is 3.43. The van der Waals surface area contributed by atoms with Crippen molar-refractivity contribution in [2.24, 2.45) is 11.8 Å². The molecule has 3 aliphatic rings. The first-order chi connectivity index (χ1) is 16.2. The van der Waals surface area contributed by atoms with Crippen LogP contribution in [0.25, 0.3) is 11.0 Å². The Kier molecular flexibility index (Phi) is 5.15. The van der Waals surface area contributed by atoms with Gasteiger partial charge in [0.05, 0.1) is 36.2 Å². The van der Waals surface area contributed by atoms with Crippen LogP contribution in [0.5, 0.6) is 17.2 Å². The van der Waals surface area contributed by atoms with Crippen LogP contribution in [0.2, 0.25) is 0 Å². The van der Waals surface area contributed by atoms with Crippen LogP contribution < -0.4 is 25.1 Å². The average Bonchev–Trinajstić information content (AvgIpc) is 3.31. The van der Waals surface area contributed by atoms with E-state index in [2.05, 4.69) is 20.2 Å². The summed E-state index contributed by atoms with van der Waals surface area (Å²) in [5.41, 5.74) is 2.59. The molecule has 0 amide bonds. The Labute approximate surface area is 191 Å². The molecule has 1 unspecified atom stereocenters. The second kappa shape index (κ2) is 8.31. The van der Waals surface area contributed by atoms with Gasteiger partial charge in [-0.25, -0.2) is 0 Å². The van der Waals surface area contributed by atoms with Gasteiger partial charge in [-0.2, -0.15) is 0 Å². The largest absolute Gasteiger partial charge is 0.495 e. The van der Waals surface area contributed by atoms with Gasteiger partial charge in [-0.1, -0.05) is 0 Å². The van der Waals surface area contributed by atoms with Gasteiger partial charge in [-0.3, -0.25) is 14.8 Å². The minimum Gasteiger partial charge on any atom is -0.495 e. The zero-order valence-electron chi connectivity index (χ0n) is 18.6. The third kappa shape index (κ3) is 3.91. The molecule has 9 nitrogen and oxygen atoms in total. The first kappa shape index (κ1) is 20.4. The third-order valence-corrected chi connectivity index (χ3v) is 6.96. The Morgan fingerprint density at radius 3 is 2.70 bits per heavy atom. The highest BCUT2D eigenvalue weighted by atomic mass is 16.6. The minimum absolute atomic E-state index is 0.00613. The van der Waals surface area contributed by atoms with Crippen molar-refractivity contribution in [2.75, 3.05) is 40.0 Å². The molecule has 2 aliphatic heterocycles. The Morgan fingerprint density at radius 2 is 1.88 bits per heavy atom. The van der Waals surface area contributed by atoms with E-state index in [1.807, 2.05) is 12.1 Å². The summed E-state index contributed by atoms with van der Waals surface area (Å²) in [5.74, 6) is 3.49. The van der Waals surface area contributed by atoms with Crippen LogP contribution in [-0.2, 0) is 13.1 Å². The molecule has 172 valence electrons. The van der Waals surface area contributed by atoms with Gasteiger partial charge >= 0.3 is 0 Å². The predicted octanol–water partition coefficient (Wildman–Crippen LogP) is 1.29. The second-order valence-corrected chi connectivity index (χ2v) is 8.92. The Bertz CT molecular complexity index is 1230. The molecule has 9 heteroatoms. The van der Waals surface area contributed by atoms with Crippen LogP contribution in [0.15, 0.2) is 41.5 Å². The van der Waals surface area contributed by atoms with Crippen molar-refractivity contribution in [3.05, 3.63) is 52.7 Å². The van der Waals surface area contributed by atoms with Crippen LogP contribution in [0.3, 0.4) is 0 Å². The standard InChI is InChI=1S/C24H27N5O4/c1-31-16-9-20-19(26-11-16)2-3-23(30)29(20)5-4-28-13-17-18(14-28)24(17)27-10-15-8-21-22(12-25-15)33-7-6-32-21/h2-3,8-9,11-12,17-18,24,27H,4-7,10,13-14H2,1H3/t17-,18+,24?. The molecular weight excluding hydrogens is 422 g/mol. The maximum atomic E-state index is 12.5. The molecule has 0 bridgehead atoms. The van der Waals surface area contributed by atoms with E-state index >= 15 is 0 Å². The van der Waals surface area contributed by atoms with E-state index in [1.54, 1.807) is 36.2 Å². The van der Waals surface area contributed by atoms with Gasteiger partial charge in [-0.05, 0) is 17.9 Å². The highest BCUT2D eigenvalue weighted by molar-refractivity contribution is 5.75. The summed E-state index contributed by atoms with van der Waals surface area (Å²) in [5, 5.41) is 3.66. The summed E-state index contributed by atoms with van der Waals surface area (Å²) >= 11 is 0. The molecule has 0 radical (unpaired) electrons. The van der Waals surface area contributed by atoms with Crippen molar-refractivity contribution < 1.29 is 14.2 Å². The summed E-state index contributed by atoms with van der Waals surface area (Å²) in [4.78, 5) is 23.9. The maximum absolute atomic E-state index is 12.5. The van der Waals surface area contributed by atoms with Crippen LogP contribution >= 0.6 is 0 Å². The molecule has 0 aromatic carbocycles. The summed E-state index contributed by atoms with van der Waals surface area (Å²) in [6, 6.07) is 7.75. The topological polar surface area (TPSA) is 90.7 Å². The minimum atomic E-state index is -0.00613. The zero-order valence-corrected chi connectivity index (χ0v) is 18.6. The lowest BCUT2D eigenvalue weighted by molar-refractivity contribution is 0.170. The first-order valence-corrected chi connectivity index (χ1v) is 11.4. The number of hydrogen-bond acceptors (Lipinski definition) is 8. The molecule has 1 N–H and O–H groups in total. The molecule has 1 aliphatic carbocycles. The molecular formula is C24H27N5O4. The van der Waals surface area contributed by atoms with E-state index in [0.29, 0.717) is 43.4 Å². The average molecular weight is 450 g/mol. The van der Waals surface area contributed by atoms with Crippen molar-refractivity contribution in [2.45, 2.75) is 19.1 Å². The fourth-order valence-electron chi connectivity index (χ4n) is 5.14. The summed E-state index contributed by atoms with van der Waals surface area (Å²) in [6.45, 7) is 5.49. The van der Waals surface area contributed by atoms with Crippen LogP contribution in [0.1, 0.15) is 5.69 Å². The quantitative estimate of drug-likeness (QED) is 0.577. The molecule has 2 fully saturated rings. The molecule has 1 saturated carbocycles. The van der Waals surface area contributed by atoms with Gasteiger partial charge in [0.1, 0.15) is 19.0 Å². The van der Waals surface area contributed by atoms with E-state index in [4.69, 9.17) is 14.2 Å². The van der Waals surface area contributed by atoms with Crippen LogP contribution in [0, 0.1) is 11.8 Å². The Balaban J connectivity index is 1.03. The normalized spacial score (nSPS) is 23.5. The van der Waals surface area contributed by atoms with Crippen LogP contribution in [-0.4, -0.2) is 65.4 Å². The molecule has 3 aromatic rings. The van der Waals surface area contributed by atoms with Crippen molar-refractivity contribution >= 4 is 11.0 Å². The third-order valence-electron chi connectivity index (χ3n) is 6.96. The van der Waals surface area contributed by atoms with Crippen molar-refractivity contribution in [3.63, 3.8) is 0 Å². The maximum Gasteiger partial charge on any atom is 0.251 e. The predicted molar refractivity (Wildman–Crippen MR) is 122 cm³/mol. The zero-order chi connectivity index (χ0) is 22.4. The molecule has 1 saturated heterocycles. The number of piperidine rings is 1. The second-order valence-electron chi connectivity index (χ2n) is 8.92. The van der Waals surface area contributed by atoms with E-state index in [-0.39, 0.29) is 5.56 Å². The molecule has 3 atom stereocenters. The fraction of sp³-hybridized carbons (Fsp3) is 0.458. The van der Waals surface area contributed by atoms with Gasteiger partial charge in [0, 0.05) is 57.0 Å². The lowest BCUT2D eigenvalue weighted by Crippen LogP contribution is -2.34. The van der Waals surface area contributed by atoms with Gasteiger partial charge in [0.25, 0.3) is 5.56 Å². The number of methoxy groups -OCH3 is 1. The lowest BCUT2D eigenvalue weighted by Gasteiger charge is -2.21. The fourth-order valence-corrected chi connectivity index (χ4v) is 5.14. The lowest BCUT2D eigenvalue weighted by atomic mass is 10.3. The highest BCUT2D eigenvalue weighted by Gasteiger charge is 2.55. The number of nitrogens with one attached hydrogen (secondary N) is 1. The van der Waals surface area contributed by atoms with Crippen molar-refractivity contribution in [1.82, 2.24) is 24.8 Å². The van der Waals surface area contributed by atoms with E-state index in [0.717, 1.165) is 54.4 Å². The molecule has 3 aromatic heterocycles. The molecule has 33 heavy (non-hydrogen) atoms. The number of nitrogens with zero attached hydrogens (tertiary/aromatic N) is 4. The van der Waals surface area contributed by atoms with E-state index in [9.17, 15) is 4.79 Å². The van der Waals surface area contributed by atoms with E-state index < -0.39 is 0 Å². The Morgan fingerprint density at radius 1 is 1.06 bits per heavy atom. The van der Waals surface area contributed by atoms with Crippen molar-refractivity contribution in [3.8, 4) is 17.2 Å². The highest BCUT2D eigenvalue weighted by Crippen LogP contribution is 2.45. The molecule has 6 rings (SSSR count). The Hall–Kier alpha value is -3.17. The monoisotopic (exact) mass is 449 g/mol. The van der Waals surface area contributed by atoms with Gasteiger partial charge in [0.2, 0.25) is 0 Å². The SMILES string of the molecule is COc1cnc2ccc(=O)n(CCN3C[C@@H]4C(NCc5cc6c(cn5)OCCO6)[C@@H]4C3)c2c1. The number of hydrogen-bond donors (Lipinski definition) is 1. The number of aromatic nitrogens is 3. The smallest absolute Gasteiger partial charge is 0.251 e. The van der Waals surface area contributed by atoms with Crippen LogP contribution in [0.4, 0.5) is 0 Å². The van der Waals surface area contributed by atoms with Gasteiger partial charge in [0.15, 0.2) is 11.5 Å². The number of pyridine rings is 3. The number of likely N-dealkylation sites (tertiary alicyclic amines) is 1. The number of ether oxygens (including phenoxy) is 3. The number of fused-ring (bicyclic) bond motifs is 3. The number of rotatable bonds is 7. The van der Waals surface area contributed by atoms with E-state index in [1.165, 1.54) is 0 Å². The van der Waals surface area contributed by atoms with Crippen molar-refractivity contribution in [1.29, 1.82) is 0 Å². The summed E-state index contributed by atoms with van der Waals surface area (Å²) < 4.78 is 18.3.